The number of carbonyl (C=O) groups excluding carboxylic acids is 1. The summed E-state index contributed by atoms with van der Waals surface area (Å²) in [5, 5.41) is 0. The van der Waals surface area contributed by atoms with E-state index >= 15 is 0 Å². The van der Waals surface area contributed by atoms with Crippen molar-refractivity contribution < 1.29 is 9.18 Å². The summed E-state index contributed by atoms with van der Waals surface area (Å²) in [5.41, 5.74) is 0. The maximum atomic E-state index is 12.7. The summed E-state index contributed by atoms with van der Waals surface area (Å²) in [7, 11) is 0. The van der Waals surface area contributed by atoms with Gasteiger partial charge in [-0.05, 0) is 30.4 Å². The van der Waals surface area contributed by atoms with Gasteiger partial charge in [0.1, 0.15) is 11.6 Å². The fourth-order valence-electron chi connectivity index (χ4n) is 1.95. The molecule has 2 unspecified atom stereocenters. The van der Waals surface area contributed by atoms with Crippen LogP contribution in [0.1, 0.15) is 19.3 Å². The quantitative estimate of drug-likeness (QED) is 0.540. The van der Waals surface area contributed by atoms with Crippen LogP contribution in [0.25, 0.3) is 0 Å². The van der Waals surface area contributed by atoms with Crippen LogP contribution >= 0.6 is 0 Å². The van der Waals surface area contributed by atoms with Crippen molar-refractivity contribution in [2.75, 3.05) is 0 Å². The van der Waals surface area contributed by atoms with Gasteiger partial charge in [-0.1, -0.05) is 6.08 Å². The number of halogens is 1. The summed E-state index contributed by atoms with van der Waals surface area (Å²) in [6, 6.07) is 0. The van der Waals surface area contributed by atoms with Crippen molar-refractivity contribution in [3.05, 3.63) is 24.1 Å². The SMILES string of the molecule is O=C1CCC2C=C(F)C=CC2C1. The Balaban J connectivity index is 2.15. The summed E-state index contributed by atoms with van der Waals surface area (Å²) in [6.07, 6.45) is 7.00. The Morgan fingerprint density at radius 2 is 2.25 bits per heavy atom. The minimum atomic E-state index is -0.148. The molecule has 1 nitrogen and oxygen atoms in total. The minimum Gasteiger partial charge on any atom is -0.300 e. The van der Waals surface area contributed by atoms with E-state index in [0.717, 1.165) is 6.42 Å². The van der Waals surface area contributed by atoms with Crippen molar-refractivity contribution in [1.82, 2.24) is 0 Å². The highest BCUT2D eigenvalue weighted by molar-refractivity contribution is 5.79. The molecule has 0 spiro atoms. The second-order valence-electron chi connectivity index (χ2n) is 3.52. The molecule has 0 aromatic heterocycles. The summed E-state index contributed by atoms with van der Waals surface area (Å²) in [4.78, 5) is 11.1. The van der Waals surface area contributed by atoms with E-state index in [1.165, 1.54) is 6.08 Å². The van der Waals surface area contributed by atoms with Crippen LogP contribution in [-0.4, -0.2) is 5.78 Å². The number of rotatable bonds is 0. The van der Waals surface area contributed by atoms with Crippen molar-refractivity contribution in [2.45, 2.75) is 19.3 Å². The Kier molecular flexibility index (Phi) is 1.83. The summed E-state index contributed by atoms with van der Waals surface area (Å²) < 4.78 is 12.7. The molecule has 0 aromatic carbocycles. The fraction of sp³-hybridized carbons (Fsp3) is 0.500. The lowest BCUT2D eigenvalue weighted by atomic mass is 9.76. The Hall–Kier alpha value is -0.920. The van der Waals surface area contributed by atoms with Gasteiger partial charge in [0.25, 0.3) is 0 Å². The zero-order valence-electron chi connectivity index (χ0n) is 6.79. The van der Waals surface area contributed by atoms with Crippen molar-refractivity contribution in [3.8, 4) is 0 Å². The Bertz CT molecular complexity index is 265. The van der Waals surface area contributed by atoms with E-state index in [-0.39, 0.29) is 17.7 Å². The third kappa shape index (κ3) is 1.33. The lowest BCUT2D eigenvalue weighted by Crippen LogP contribution is -2.23. The Labute approximate surface area is 71.0 Å². The van der Waals surface area contributed by atoms with Crippen molar-refractivity contribution in [3.63, 3.8) is 0 Å². The fourth-order valence-corrected chi connectivity index (χ4v) is 1.95. The Morgan fingerprint density at radius 3 is 3.08 bits per heavy atom. The van der Waals surface area contributed by atoms with E-state index in [2.05, 4.69) is 0 Å². The van der Waals surface area contributed by atoms with Crippen molar-refractivity contribution >= 4 is 5.78 Å². The van der Waals surface area contributed by atoms with Crippen LogP contribution in [0, 0.1) is 11.8 Å². The monoisotopic (exact) mass is 166 g/mol. The van der Waals surface area contributed by atoms with Crippen LogP contribution in [-0.2, 0) is 4.79 Å². The van der Waals surface area contributed by atoms with Gasteiger partial charge in [0.2, 0.25) is 0 Å². The molecule has 0 amide bonds. The number of allylic oxidation sites excluding steroid dienone is 4. The van der Waals surface area contributed by atoms with E-state index < -0.39 is 0 Å². The van der Waals surface area contributed by atoms with E-state index in [0.29, 0.717) is 18.6 Å². The first kappa shape index (κ1) is 7.71. The first-order chi connectivity index (χ1) is 5.75. The number of hydrogen-bond donors (Lipinski definition) is 0. The van der Waals surface area contributed by atoms with Gasteiger partial charge in [0, 0.05) is 12.8 Å². The van der Waals surface area contributed by atoms with Gasteiger partial charge < -0.3 is 0 Å². The molecule has 2 heteroatoms. The number of carbonyl (C=O) groups is 1. The molecule has 0 aliphatic heterocycles. The molecule has 2 aliphatic rings. The zero-order valence-corrected chi connectivity index (χ0v) is 6.79. The topological polar surface area (TPSA) is 17.1 Å². The smallest absolute Gasteiger partial charge is 0.133 e. The molecule has 0 saturated heterocycles. The highest BCUT2D eigenvalue weighted by Crippen LogP contribution is 2.34. The molecule has 1 saturated carbocycles. The molecule has 2 rings (SSSR count). The summed E-state index contributed by atoms with van der Waals surface area (Å²) in [6.45, 7) is 0. The molecule has 0 heterocycles. The number of Topliss-reactive ketones (excluding diaryl/α,β-unsaturated/α-hetero) is 1. The average Bonchev–Trinajstić information content (AvgIpc) is 2.05. The second kappa shape index (κ2) is 2.85. The van der Waals surface area contributed by atoms with E-state index in [4.69, 9.17) is 0 Å². The molecule has 0 bridgehead atoms. The van der Waals surface area contributed by atoms with Gasteiger partial charge in [-0.25, -0.2) is 4.39 Å². The minimum absolute atomic E-state index is 0.148. The third-order valence-electron chi connectivity index (χ3n) is 2.65. The molecular weight excluding hydrogens is 155 g/mol. The molecule has 2 aliphatic carbocycles. The molecule has 0 N–H and O–H groups in total. The van der Waals surface area contributed by atoms with E-state index in [9.17, 15) is 9.18 Å². The first-order valence-electron chi connectivity index (χ1n) is 4.33. The standard InChI is InChI=1S/C10H11FO/c11-9-3-1-8-6-10(12)4-2-7(8)5-9/h1,3,5,7-8H,2,4,6H2. The number of hydrogen-bond acceptors (Lipinski definition) is 1. The van der Waals surface area contributed by atoms with Gasteiger partial charge in [-0.15, -0.1) is 0 Å². The highest BCUT2D eigenvalue weighted by atomic mass is 19.1. The van der Waals surface area contributed by atoms with Gasteiger partial charge in [0.05, 0.1) is 0 Å². The predicted octanol–water partition coefficient (Wildman–Crippen LogP) is 2.40. The van der Waals surface area contributed by atoms with Crippen molar-refractivity contribution in [2.24, 2.45) is 11.8 Å². The molecule has 0 aromatic rings. The Morgan fingerprint density at radius 1 is 1.42 bits per heavy atom. The zero-order chi connectivity index (χ0) is 8.55. The van der Waals surface area contributed by atoms with Gasteiger partial charge in [0.15, 0.2) is 0 Å². The first-order valence-corrected chi connectivity index (χ1v) is 4.33. The van der Waals surface area contributed by atoms with Crippen molar-refractivity contribution in [1.29, 1.82) is 0 Å². The van der Waals surface area contributed by atoms with Crippen LogP contribution in [0.5, 0.6) is 0 Å². The lowest BCUT2D eigenvalue weighted by molar-refractivity contribution is -0.121. The molecular formula is C10H11FO. The summed E-state index contributed by atoms with van der Waals surface area (Å²) in [5.74, 6) is 0.709. The normalized spacial score (nSPS) is 34.4. The largest absolute Gasteiger partial charge is 0.300 e. The number of fused-ring (bicyclic) bond motifs is 1. The van der Waals surface area contributed by atoms with Crippen LogP contribution in [0.3, 0.4) is 0 Å². The van der Waals surface area contributed by atoms with Crippen LogP contribution < -0.4 is 0 Å². The van der Waals surface area contributed by atoms with Gasteiger partial charge in [-0.3, -0.25) is 4.79 Å². The molecule has 64 valence electrons. The van der Waals surface area contributed by atoms with E-state index in [1.54, 1.807) is 6.08 Å². The third-order valence-corrected chi connectivity index (χ3v) is 2.65. The highest BCUT2D eigenvalue weighted by Gasteiger charge is 2.28. The maximum Gasteiger partial charge on any atom is 0.133 e. The van der Waals surface area contributed by atoms with Gasteiger partial charge >= 0.3 is 0 Å². The van der Waals surface area contributed by atoms with Crippen LogP contribution in [0.15, 0.2) is 24.1 Å². The predicted molar refractivity (Wildman–Crippen MR) is 44.2 cm³/mol. The van der Waals surface area contributed by atoms with E-state index in [1.807, 2.05) is 6.08 Å². The summed E-state index contributed by atoms with van der Waals surface area (Å²) >= 11 is 0. The van der Waals surface area contributed by atoms with Gasteiger partial charge in [-0.2, -0.15) is 0 Å². The number of ketones is 1. The maximum absolute atomic E-state index is 12.7. The molecule has 2 atom stereocenters. The average molecular weight is 166 g/mol. The van der Waals surface area contributed by atoms with Crippen LogP contribution in [0.2, 0.25) is 0 Å². The lowest BCUT2D eigenvalue weighted by Gasteiger charge is -2.28. The molecule has 1 fully saturated rings. The molecule has 12 heavy (non-hydrogen) atoms. The molecule has 0 radical (unpaired) electrons. The van der Waals surface area contributed by atoms with Crippen LogP contribution in [0.4, 0.5) is 4.39 Å². The second-order valence-corrected chi connectivity index (χ2v) is 3.52.